The number of rotatable bonds is 9. The first-order valence-corrected chi connectivity index (χ1v) is 15.0. The van der Waals surface area contributed by atoms with E-state index in [0.29, 0.717) is 40.3 Å². The van der Waals surface area contributed by atoms with Crippen LogP contribution in [0.15, 0.2) is 40.0 Å². The summed E-state index contributed by atoms with van der Waals surface area (Å²) in [5, 5.41) is 9.80. The maximum Gasteiger partial charge on any atom is 0.270 e. The van der Waals surface area contributed by atoms with Gasteiger partial charge >= 0.3 is 0 Å². The predicted octanol–water partition coefficient (Wildman–Crippen LogP) is 5.31. The molecule has 1 unspecified atom stereocenters. The van der Waals surface area contributed by atoms with Gasteiger partial charge in [0.05, 0.1) is 4.91 Å². The van der Waals surface area contributed by atoms with Crippen molar-refractivity contribution in [1.82, 2.24) is 9.47 Å². The molecule has 39 heavy (non-hydrogen) atoms. The fourth-order valence-electron chi connectivity index (χ4n) is 5.37. The number of piperazine rings is 1. The Kier molecular flexibility index (Phi) is 9.52. The van der Waals surface area contributed by atoms with Crippen LogP contribution in [0.4, 0.5) is 11.5 Å². The smallest absolute Gasteiger partial charge is 0.270 e. The van der Waals surface area contributed by atoms with Crippen molar-refractivity contribution in [3.8, 4) is 6.07 Å². The summed E-state index contributed by atoms with van der Waals surface area (Å²) in [7, 11) is 1.71. The summed E-state index contributed by atoms with van der Waals surface area (Å²) in [5.41, 5.74) is 2.30. The Morgan fingerprint density at radius 2 is 1.77 bits per heavy atom. The minimum Gasteiger partial charge on any atom is -0.368 e. The Morgan fingerprint density at radius 1 is 1.10 bits per heavy atom. The van der Waals surface area contributed by atoms with E-state index in [1.165, 1.54) is 17.4 Å². The van der Waals surface area contributed by atoms with Crippen molar-refractivity contribution >= 4 is 51.8 Å². The molecule has 0 radical (unpaired) electrons. The van der Waals surface area contributed by atoms with Crippen molar-refractivity contribution in [2.24, 2.45) is 13.0 Å². The molecule has 7 nitrogen and oxygen atoms in total. The molecule has 4 rings (SSSR count). The summed E-state index contributed by atoms with van der Waals surface area (Å²) in [5.74, 6) is 1.06. The quantitative estimate of drug-likeness (QED) is 0.302. The second-order valence-electron chi connectivity index (χ2n) is 10.2. The normalized spacial score (nSPS) is 17.7. The number of pyridine rings is 1. The third-order valence-electron chi connectivity index (χ3n) is 7.80. The zero-order chi connectivity index (χ0) is 28.1. The summed E-state index contributed by atoms with van der Waals surface area (Å²) < 4.78 is 2.14. The molecule has 1 amide bonds. The van der Waals surface area contributed by atoms with E-state index in [2.05, 4.69) is 41.8 Å². The number of benzene rings is 1. The molecule has 2 fully saturated rings. The van der Waals surface area contributed by atoms with Crippen molar-refractivity contribution in [1.29, 1.82) is 5.26 Å². The molecule has 0 saturated carbocycles. The van der Waals surface area contributed by atoms with Crippen LogP contribution in [0.1, 0.15) is 56.2 Å². The average molecular weight is 564 g/mol. The molecule has 0 N–H and O–H groups in total. The standard InChI is InChI=1S/C30H37N5O2S2/c1-5-7-11-22(6-2)20-35-29(37)26(39-30(35)38)18-24-21(3)25(19-31)28(36)32(4)27(24)34-16-14-33(15-17-34)23-12-9-8-10-13-23/h8-10,12-13,18,22H,5-7,11,14-17,20H2,1-4H3. The van der Waals surface area contributed by atoms with Gasteiger partial charge in [0.2, 0.25) is 0 Å². The first-order valence-electron chi connectivity index (χ1n) is 13.7. The Labute approximate surface area is 241 Å². The van der Waals surface area contributed by atoms with Crippen LogP contribution in [0.2, 0.25) is 0 Å². The second kappa shape index (κ2) is 12.8. The van der Waals surface area contributed by atoms with Gasteiger partial charge in [0.1, 0.15) is 21.8 Å². The Balaban J connectivity index is 1.67. The van der Waals surface area contributed by atoms with Crippen LogP contribution in [0, 0.1) is 24.2 Å². The Morgan fingerprint density at radius 3 is 2.38 bits per heavy atom. The summed E-state index contributed by atoms with van der Waals surface area (Å²) in [6.45, 7) is 9.80. The summed E-state index contributed by atoms with van der Waals surface area (Å²) >= 11 is 6.95. The van der Waals surface area contributed by atoms with Crippen molar-refractivity contribution in [2.75, 3.05) is 42.5 Å². The van der Waals surface area contributed by atoms with E-state index in [-0.39, 0.29) is 17.0 Å². The zero-order valence-corrected chi connectivity index (χ0v) is 24.9. The van der Waals surface area contributed by atoms with Gasteiger partial charge in [-0.2, -0.15) is 5.26 Å². The first kappa shape index (κ1) is 28.9. The van der Waals surface area contributed by atoms with Gasteiger partial charge in [0.25, 0.3) is 11.5 Å². The van der Waals surface area contributed by atoms with Crippen molar-refractivity contribution in [3.05, 3.63) is 62.3 Å². The number of nitriles is 1. The largest absolute Gasteiger partial charge is 0.368 e. The number of hydrogen-bond donors (Lipinski definition) is 0. The number of unbranched alkanes of at least 4 members (excludes halogenated alkanes) is 1. The van der Waals surface area contributed by atoms with E-state index in [1.807, 2.05) is 24.3 Å². The van der Waals surface area contributed by atoms with Crippen LogP contribution >= 0.6 is 24.0 Å². The number of amides is 1. The number of thiocarbonyl (C=S) groups is 1. The number of para-hydroxylation sites is 1. The first-order chi connectivity index (χ1) is 18.8. The molecule has 9 heteroatoms. The van der Waals surface area contributed by atoms with Gasteiger partial charge in [0.15, 0.2) is 0 Å². The average Bonchev–Trinajstić information content (AvgIpc) is 3.22. The highest BCUT2D eigenvalue weighted by Crippen LogP contribution is 2.37. The van der Waals surface area contributed by atoms with Gasteiger partial charge in [-0.3, -0.25) is 19.1 Å². The maximum atomic E-state index is 13.5. The van der Waals surface area contributed by atoms with Gasteiger partial charge < -0.3 is 9.80 Å². The van der Waals surface area contributed by atoms with Crippen molar-refractivity contribution in [3.63, 3.8) is 0 Å². The van der Waals surface area contributed by atoms with Crippen LogP contribution in [-0.2, 0) is 11.8 Å². The molecule has 1 aromatic carbocycles. The molecule has 206 valence electrons. The number of thioether (sulfide) groups is 1. The lowest BCUT2D eigenvalue weighted by atomic mass is 9.99. The maximum absolute atomic E-state index is 13.5. The van der Waals surface area contributed by atoms with Crippen LogP contribution in [0.25, 0.3) is 6.08 Å². The number of nitrogens with zero attached hydrogens (tertiary/aromatic N) is 5. The molecular formula is C30H37N5O2S2. The van der Waals surface area contributed by atoms with Gasteiger partial charge in [-0.25, -0.2) is 0 Å². The van der Waals surface area contributed by atoms with E-state index in [1.54, 1.807) is 23.4 Å². The second-order valence-corrected chi connectivity index (χ2v) is 11.9. The molecule has 1 atom stereocenters. The van der Waals surface area contributed by atoms with Crippen LogP contribution in [0.3, 0.4) is 0 Å². The highest BCUT2D eigenvalue weighted by atomic mass is 32.2. The van der Waals surface area contributed by atoms with E-state index in [4.69, 9.17) is 12.2 Å². The van der Waals surface area contributed by atoms with Gasteiger partial charge in [-0.1, -0.05) is 75.3 Å². The van der Waals surface area contributed by atoms with E-state index in [9.17, 15) is 14.9 Å². The molecule has 2 aliphatic heterocycles. The topological polar surface area (TPSA) is 72.6 Å². The lowest BCUT2D eigenvalue weighted by molar-refractivity contribution is -0.122. The fourth-order valence-corrected chi connectivity index (χ4v) is 6.63. The van der Waals surface area contributed by atoms with Gasteiger partial charge in [0, 0.05) is 51.0 Å². The minimum atomic E-state index is -0.318. The summed E-state index contributed by atoms with van der Waals surface area (Å²) in [4.78, 5) is 33.5. The van der Waals surface area contributed by atoms with Crippen LogP contribution in [-0.4, -0.2) is 52.4 Å². The van der Waals surface area contributed by atoms with E-state index < -0.39 is 0 Å². The molecule has 3 heterocycles. The number of anilines is 2. The molecular weight excluding hydrogens is 526 g/mol. The SMILES string of the molecule is CCCCC(CC)CN1C(=O)C(=Cc2c(C)c(C#N)c(=O)n(C)c2N2CCN(c3ccccc3)CC2)SC1=S. The number of carbonyl (C=O) groups excluding carboxylic acids is 1. The van der Waals surface area contributed by atoms with E-state index in [0.717, 1.165) is 50.2 Å². The number of hydrogen-bond acceptors (Lipinski definition) is 7. The molecule has 2 aliphatic rings. The Hall–Kier alpha value is -3.09. The zero-order valence-electron chi connectivity index (χ0n) is 23.3. The molecule has 2 aromatic rings. The minimum absolute atomic E-state index is 0.0912. The van der Waals surface area contributed by atoms with Crippen molar-refractivity contribution < 1.29 is 4.79 Å². The predicted molar refractivity (Wildman–Crippen MR) is 165 cm³/mol. The molecule has 1 aromatic heterocycles. The Bertz CT molecular complexity index is 1350. The third kappa shape index (κ3) is 6.07. The monoisotopic (exact) mass is 563 g/mol. The molecule has 0 bridgehead atoms. The molecule has 0 aliphatic carbocycles. The fraction of sp³-hybridized carbons (Fsp3) is 0.467. The summed E-state index contributed by atoms with van der Waals surface area (Å²) in [6, 6.07) is 12.4. The third-order valence-corrected chi connectivity index (χ3v) is 9.18. The molecule has 2 saturated heterocycles. The van der Waals surface area contributed by atoms with E-state index >= 15 is 0 Å². The van der Waals surface area contributed by atoms with Crippen LogP contribution < -0.4 is 15.4 Å². The molecule has 0 spiro atoms. The summed E-state index contributed by atoms with van der Waals surface area (Å²) in [6.07, 6.45) is 6.19. The number of aromatic nitrogens is 1. The highest BCUT2D eigenvalue weighted by Gasteiger charge is 2.34. The van der Waals surface area contributed by atoms with Gasteiger partial charge in [-0.05, 0) is 43.0 Å². The highest BCUT2D eigenvalue weighted by molar-refractivity contribution is 8.26. The van der Waals surface area contributed by atoms with Crippen LogP contribution in [0.5, 0.6) is 0 Å². The lowest BCUT2D eigenvalue weighted by Crippen LogP contribution is -2.48. The van der Waals surface area contributed by atoms with Crippen molar-refractivity contribution in [2.45, 2.75) is 46.5 Å². The lowest BCUT2D eigenvalue weighted by Gasteiger charge is -2.38. The number of carbonyl (C=O) groups is 1. The van der Waals surface area contributed by atoms with Gasteiger partial charge in [-0.15, -0.1) is 0 Å².